The Labute approximate surface area is 118 Å². The van der Waals surface area contributed by atoms with E-state index in [-0.39, 0.29) is 5.60 Å². The van der Waals surface area contributed by atoms with Crippen LogP contribution in [0.4, 0.5) is 5.69 Å². The lowest BCUT2D eigenvalue weighted by Gasteiger charge is -2.26. The van der Waals surface area contributed by atoms with Crippen LogP contribution in [0, 0.1) is 0 Å². The Morgan fingerprint density at radius 2 is 1.90 bits per heavy atom. The Hall–Kier alpha value is -1.88. The maximum atomic E-state index is 12.1. The number of carbonyl (C=O) groups is 2. The summed E-state index contributed by atoms with van der Waals surface area (Å²) in [6.07, 6.45) is 0.647. The van der Waals surface area contributed by atoms with E-state index in [0.717, 1.165) is 0 Å². The maximum Gasteiger partial charge on any atom is 0.299 e. The Bertz CT molecular complexity index is 551. The van der Waals surface area contributed by atoms with Crippen LogP contribution in [0.1, 0.15) is 30.6 Å². The monoisotopic (exact) mass is 277 g/mol. The highest BCUT2D eigenvalue weighted by Gasteiger charge is 2.36. The van der Waals surface area contributed by atoms with Gasteiger partial charge in [0.15, 0.2) is 0 Å². The third-order valence-corrected chi connectivity index (χ3v) is 3.67. The van der Waals surface area contributed by atoms with E-state index in [4.69, 9.17) is 9.47 Å². The van der Waals surface area contributed by atoms with E-state index in [1.54, 1.807) is 25.3 Å². The van der Waals surface area contributed by atoms with Gasteiger partial charge in [0, 0.05) is 13.7 Å². The summed E-state index contributed by atoms with van der Waals surface area (Å²) in [5, 5.41) is 0. The minimum Gasteiger partial charge on any atom is -0.497 e. The zero-order valence-electron chi connectivity index (χ0n) is 12.2. The third kappa shape index (κ3) is 2.54. The number of hydrogen-bond donors (Lipinski definition) is 0. The number of rotatable bonds is 5. The fourth-order valence-corrected chi connectivity index (χ4v) is 2.11. The van der Waals surface area contributed by atoms with Gasteiger partial charge in [0.05, 0.1) is 24.0 Å². The summed E-state index contributed by atoms with van der Waals surface area (Å²) in [6, 6.07) is 5.10. The van der Waals surface area contributed by atoms with Crippen LogP contribution in [0.5, 0.6) is 5.75 Å². The van der Waals surface area contributed by atoms with Gasteiger partial charge >= 0.3 is 0 Å². The van der Waals surface area contributed by atoms with Crippen molar-refractivity contribution in [2.75, 3.05) is 25.7 Å². The van der Waals surface area contributed by atoms with Crippen molar-refractivity contribution in [3.63, 3.8) is 0 Å². The van der Waals surface area contributed by atoms with E-state index in [1.807, 2.05) is 13.8 Å². The van der Waals surface area contributed by atoms with Gasteiger partial charge in [0.25, 0.3) is 11.7 Å². The van der Waals surface area contributed by atoms with Gasteiger partial charge in [-0.05, 0) is 38.5 Å². The number of hydrogen-bond acceptors (Lipinski definition) is 4. The first kappa shape index (κ1) is 14.5. The van der Waals surface area contributed by atoms with Crippen LogP contribution in [0.25, 0.3) is 0 Å². The van der Waals surface area contributed by atoms with Gasteiger partial charge in [0.1, 0.15) is 5.75 Å². The first-order valence-electron chi connectivity index (χ1n) is 6.49. The number of fused-ring (bicyclic) bond motifs is 1. The zero-order chi connectivity index (χ0) is 14.9. The number of ketones is 1. The van der Waals surface area contributed by atoms with Crippen molar-refractivity contribution < 1.29 is 19.1 Å². The van der Waals surface area contributed by atoms with E-state index in [9.17, 15) is 9.59 Å². The third-order valence-electron chi connectivity index (χ3n) is 3.67. The lowest BCUT2D eigenvalue weighted by molar-refractivity contribution is -0.114. The largest absolute Gasteiger partial charge is 0.497 e. The van der Waals surface area contributed by atoms with Gasteiger partial charge < -0.3 is 14.4 Å². The molecular formula is C15H19NO4. The molecule has 1 aliphatic rings. The Balaban J connectivity index is 2.25. The molecule has 0 aliphatic carbocycles. The molecule has 5 heteroatoms. The maximum absolute atomic E-state index is 12.1. The van der Waals surface area contributed by atoms with Gasteiger partial charge in [-0.2, -0.15) is 0 Å². The van der Waals surface area contributed by atoms with Gasteiger partial charge in [-0.25, -0.2) is 0 Å². The Morgan fingerprint density at radius 1 is 1.20 bits per heavy atom. The molecule has 1 amide bonds. The number of amides is 1. The summed E-state index contributed by atoms with van der Waals surface area (Å²) >= 11 is 0. The van der Waals surface area contributed by atoms with E-state index in [0.29, 0.717) is 30.0 Å². The van der Waals surface area contributed by atoms with E-state index in [1.165, 1.54) is 12.0 Å². The molecule has 2 rings (SSSR count). The SMILES string of the molecule is COc1ccc2c(c1)C(=O)C(=O)N2CCC(C)(C)OC. The molecular weight excluding hydrogens is 258 g/mol. The Kier molecular flexibility index (Phi) is 3.81. The van der Waals surface area contributed by atoms with E-state index >= 15 is 0 Å². The second kappa shape index (κ2) is 5.25. The van der Waals surface area contributed by atoms with Crippen molar-refractivity contribution in [2.45, 2.75) is 25.9 Å². The molecule has 0 aromatic heterocycles. The normalized spacial score (nSPS) is 14.7. The number of methoxy groups -OCH3 is 2. The summed E-state index contributed by atoms with van der Waals surface area (Å²) in [5.41, 5.74) is 0.718. The molecule has 108 valence electrons. The average molecular weight is 277 g/mol. The fourth-order valence-electron chi connectivity index (χ4n) is 2.11. The van der Waals surface area contributed by atoms with Gasteiger partial charge in [0.2, 0.25) is 0 Å². The molecule has 0 saturated heterocycles. The Morgan fingerprint density at radius 3 is 2.50 bits per heavy atom. The first-order chi connectivity index (χ1) is 9.39. The highest BCUT2D eigenvalue weighted by atomic mass is 16.5. The molecule has 5 nitrogen and oxygen atoms in total. The van der Waals surface area contributed by atoms with Crippen molar-refractivity contribution in [1.29, 1.82) is 0 Å². The van der Waals surface area contributed by atoms with Crippen molar-refractivity contribution in [3.8, 4) is 5.75 Å². The van der Waals surface area contributed by atoms with Crippen LogP contribution in [-0.4, -0.2) is 38.1 Å². The predicted molar refractivity (Wildman–Crippen MR) is 75.4 cm³/mol. The lowest BCUT2D eigenvalue weighted by atomic mass is 10.1. The summed E-state index contributed by atoms with van der Waals surface area (Å²) < 4.78 is 10.4. The van der Waals surface area contributed by atoms with Crippen LogP contribution in [0.2, 0.25) is 0 Å². The van der Waals surface area contributed by atoms with E-state index < -0.39 is 11.7 Å². The molecule has 0 bridgehead atoms. The zero-order valence-corrected chi connectivity index (χ0v) is 12.2. The molecule has 0 saturated carbocycles. The highest BCUT2D eigenvalue weighted by Crippen LogP contribution is 2.32. The number of nitrogens with zero attached hydrogens (tertiary/aromatic N) is 1. The van der Waals surface area contributed by atoms with Crippen LogP contribution < -0.4 is 9.64 Å². The lowest BCUT2D eigenvalue weighted by Crippen LogP contribution is -2.35. The fraction of sp³-hybridized carbons (Fsp3) is 0.467. The molecule has 1 aromatic carbocycles. The van der Waals surface area contributed by atoms with Crippen LogP contribution in [0.15, 0.2) is 18.2 Å². The second-order valence-corrected chi connectivity index (χ2v) is 5.38. The minimum atomic E-state index is -0.486. The van der Waals surface area contributed by atoms with E-state index in [2.05, 4.69) is 0 Å². The van der Waals surface area contributed by atoms with Crippen molar-refractivity contribution in [2.24, 2.45) is 0 Å². The number of anilines is 1. The molecule has 0 fully saturated rings. The van der Waals surface area contributed by atoms with Crippen LogP contribution in [0.3, 0.4) is 0 Å². The van der Waals surface area contributed by atoms with Crippen molar-refractivity contribution in [1.82, 2.24) is 0 Å². The number of benzene rings is 1. The van der Waals surface area contributed by atoms with Gasteiger partial charge in [-0.15, -0.1) is 0 Å². The number of ether oxygens (including phenoxy) is 2. The predicted octanol–water partition coefficient (Wildman–Crippen LogP) is 2.04. The highest BCUT2D eigenvalue weighted by molar-refractivity contribution is 6.52. The summed E-state index contributed by atoms with van der Waals surface area (Å²) in [6.45, 7) is 4.35. The molecule has 0 spiro atoms. The number of Topliss-reactive ketones (excluding diaryl/α,β-unsaturated/α-hetero) is 1. The standard InChI is InChI=1S/C15H19NO4/c1-15(2,20-4)7-8-16-12-6-5-10(19-3)9-11(12)13(17)14(16)18/h5-6,9H,7-8H2,1-4H3. The molecule has 1 aliphatic heterocycles. The number of carbonyl (C=O) groups excluding carboxylic acids is 2. The molecule has 1 aromatic rings. The summed E-state index contributed by atoms with van der Waals surface area (Å²) in [7, 11) is 3.16. The van der Waals surface area contributed by atoms with Crippen molar-refractivity contribution in [3.05, 3.63) is 23.8 Å². The molecule has 20 heavy (non-hydrogen) atoms. The smallest absolute Gasteiger partial charge is 0.299 e. The minimum absolute atomic E-state index is 0.335. The second-order valence-electron chi connectivity index (χ2n) is 5.38. The molecule has 0 unspecified atom stereocenters. The van der Waals surface area contributed by atoms with Gasteiger partial charge in [-0.3, -0.25) is 9.59 Å². The van der Waals surface area contributed by atoms with Crippen LogP contribution in [-0.2, 0) is 9.53 Å². The average Bonchev–Trinajstić information content (AvgIpc) is 2.68. The first-order valence-corrected chi connectivity index (χ1v) is 6.49. The summed E-state index contributed by atoms with van der Waals surface area (Å²) in [4.78, 5) is 25.6. The summed E-state index contributed by atoms with van der Waals surface area (Å²) in [5.74, 6) is -0.391. The van der Waals surface area contributed by atoms with Crippen molar-refractivity contribution >= 4 is 17.4 Å². The topological polar surface area (TPSA) is 55.8 Å². The molecule has 0 N–H and O–H groups in total. The molecule has 1 heterocycles. The molecule has 0 atom stereocenters. The quantitative estimate of drug-likeness (QED) is 0.773. The molecule has 0 radical (unpaired) electrons. The van der Waals surface area contributed by atoms with Crippen LogP contribution >= 0.6 is 0 Å². The van der Waals surface area contributed by atoms with Gasteiger partial charge in [-0.1, -0.05) is 0 Å².